The summed E-state index contributed by atoms with van der Waals surface area (Å²) in [5.74, 6) is 2.82. The molecule has 0 bridgehead atoms. The largest absolute Gasteiger partial charge is 0.463 e. The first-order valence-corrected chi connectivity index (χ1v) is 7.30. The molecular weight excluding hydrogens is 276 g/mol. The fourth-order valence-corrected chi connectivity index (χ4v) is 2.92. The van der Waals surface area contributed by atoms with Gasteiger partial charge in [0.25, 0.3) is 0 Å². The molecule has 0 aliphatic heterocycles. The zero-order valence-electron chi connectivity index (χ0n) is 11.9. The normalized spacial score (nSPS) is 23.1. The maximum atomic E-state index is 10.3. The lowest BCUT2D eigenvalue weighted by Crippen LogP contribution is -2.01. The van der Waals surface area contributed by atoms with Crippen molar-refractivity contribution < 1.29 is 9.52 Å². The van der Waals surface area contributed by atoms with E-state index in [4.69, 9.17) is 16.0 Å². The molecule has 0 aromatic carbocycles. The number of hydrogen-bond acceptors (Lipinski definition) is 3. The molecule has 1 N–H and O–H groups in total. The first-order chi connectivity index (χ1) is 9.47. The van der Waals surface area contributed by atoms with Gasteiger partial charge in [0, 0.05) is 24.9 Å². The van der Waals surface area contributed by atoms with Crippen LogP contribution in [-0.4, -0.2) is 14.9 Å². The predicted octanol–water partition coefficient (Wildman–Crippen LogP) is 3.37. The Morgan fingerprint density at radius 1 is 1.55 bits per heavy atom. The van der Waals surface area contributed by atoms with Crippen LogP contribution in [0.5, 0.6) is 0 Å². The lowest BCUT2D eigenvalue weighted by Gasteiger charge is -2.07. The lowest BCUT2D eigenvalue weighted by atomic mass is 10.1. The van der Waals surface area contributed by atoms with Gasteiger partial charge >= 0.3 is 0 Å². The Labute approximate surface area is 123 Å². The SMILES string of the molecule is Cc1nn(C)c(Cl)c1CC(O)c1ccc(C2CC2C)o1. The number of aliphatic hydroxyl groups excluding tert-OH is 1. The number of aryl methyl sites for hydroxylation is 2. The van der Waals surface area contributed by atoms with Crippen molar-refractivity contribution >= 4 is 11.6 Å². The summed E-state index contributed by atoms with van der Waals surface area (Å²) >= 11 is 6.19. The summed E-state index contributed by atoms with van der Waals surface area (Å²) in [5.41, 5.74) is 1.72. The van der Waals surface area contributed by atoms with Gasteiger partial charge in [-0.1, -0.05) is 18.5 Å². The molecule has 1 aliphatic rings. The van der Waals surface area contributed by atoms with Crippen LogP contribution in [-0.2, 0) is 13.5 Å². The molecule has 5 heteroatoms. The van der Waals surface area contributed by atoms with Crippen LogP contribution in [0.3, 0.4) is 0 Å². The highest BCUT2D eigenvalue weighted by atomic mass is 35.5. The molecule has 0 saturated heterocycles. The van der Waals surface area contributed by atoms with E-state index in [0.29, 0.717) is 29.2 Å². The Morgan fingerprint density at radius 3 is 2.80 bits per heavy atom. The lowest BCUT2D eigenvalue weighted by molar-refractivity contribution is 0.148. The standard InChI is InChI=1S/C15H19ClN2O2/c1-8-6-10(8)13-4-5-14(20-13)12(19)7-11-9(2)17-18(3)15(11)16/h4-5,8,10,12,19H,6-7H2,1-3H3. The number of nitrogens with zero attached hydrogens (tertiary/aromatic N) is 2. The summed E-state index contributed by atoms with van der Waals surface area (Å²) in [5, 5.41) is 15.2. The molecular formula is C15H19ClN2O2. The average Bonchev–Trinajstić information content (AvgIpc) is 2.86. The third-order valence-electron chi connectivity index (χ3n) is 4.12. The van der Waals surface area contributed by atoms with Crippen molar-refractivity contribution in [1.82, 2.24) is 9.78 Å². The van der Waals surface area contributed by atoms with Crippen molar-refractivity contribution in [3.05, 3.63) is 40.1 Å². The van der Waals surface area contributed by atoms with Crippen LogP contribution in [0.25, 0.3) is 0 Å². The van der Waals surface area contributed by atoms with Gasteiger partial charge in [-0.2, -0.15) is 5.10 Å². The summed E-state index contributed by atoms with van der Waals surface area (Å²) < 4.78 is 7.40. The van der Waals surface area contributed by atoms with E-state index in [9.17, 15) is 5.11 Å². The summed E-state index contributed by atoms with van der Waals surface area (Å²) in [6.45, 7) is 4.11. The van der Waals surface area contributed by atoms with Crippen LogP contribution in [0, 0.1) is 12.8 Å². The molecule has 2 aromatic rings. The van der Waals surface area contributed by atoms with Gasteiger partial charge < -0.3 is 9.52 Å². The predicted molar refractivity (Wildman–Crippen MR) is 76.8 cm³/mol. The molecule has 20 heavy (non-hydrogen) atoms. The first-order valence-electron chi connectivity index (χ1n) is 6.93. The molecule has 1 aliphatic carbocycles. The summed E-state index contributed by atoms with van der Waals surface area (Å²) in [6, 6.07) is 3.84. The second-order valence-corrected chi connectivity index (χ2v) is 6.12. The minimum atomic E-state index is -0.682. The molecule has 1 saturated carbocycles. The highest BCUT2D eigenvalue weighted by Crippen LogP contribution is 2.47. The zero-order valence-corrected chi connectivity index (χ0v) is 12.7. The molecule has 108 valence electrons. The minimum absolute atomic E-state index is 0.422. The van der Waals surface area contributed by atoms with Crippen molar-refractivity contribution in [2.75, 3.05) is 0 Å². The highest BCUT2D eigenvalue weighted by Gasteiger charge is 2.37. The molecule has 0 spiro atoms. The average molecular weight is 295 g/mol. The second kappa shape index (κ2) is 4.93. The number of hydrogen-bond donors (Lipinski definition) is 1. The molecule has 4 nitrogen and oxygen atoms in total. The minimum Gasteiger partial charge on any atom is -0.463 e. The Kier molecular flexibility index (Phi) is 3.38. The number of halogens is 1. The maximum Gasteiger partial charge on any atom is 0.133 e. The van der Waals surface area contributed by atoms with Gasteiger partial charge in [-0.25, -0.2) is 0 Å². The first kappa shape index (κ1) is 13.7. The molecule has 0 amide bonds. The zero-order chi connectivity index (χ0) is 14.4. The molecule has 3 atom stereocenters. The topological polar surface area (TPSA) is 51.2 Å². The van der Waals surface area contributed by atoms with Crippen LogP contribution in [0.1, 0.15) is 48.1 Å². The Morgan fingerprint density at radius 2 is 2.25 bits per heavy atom. The maximum absolute atomic E-state index is 10.3. The van der Waals surface area contributed by atoms with E-state index in [1.54, 1.807) is 11.7 Å². The van der Waals surface area contributed by atoms with E-state index in [2.05, 4.69) is 12.0 Å². The third-order valence-corrected chi connectivity index (χ3v) is 4.59. The van der Waals surface area contributed by atoms with Gasteiger partial charge in [0.1, 0.15) is 22.8 Å². The summed E-state index contributed by atoms with van der Waals surface area (Å²) in [6.07, 6.45) is 0.917. The summed E-state index contributed by atoms with van der Waals surface area (Å²) in [4.78, 5) is 0. The number of furan rings is 1. The van der Waals surface area contributed by atoms with Crippen molar-refractivity contribution in [3.63, 3.8) is 0 Å². The van der Waals surface area contributed by atoms with Crippen molar-refractivity contribution in [2.24, 2.45) is 13.0 Å². The van der Waals surface area contributed by atoms with Crippen LogP contribution in [0.4, 0.5) is 0 Å². The smallest absolute Gasteiger partial charge is 0.133 e. The van der Waals surface area contributed by atoms with E-state index >= 15 is 0 Å². The van der Waals surface area contributed by atoms with Crippen molar-refractivity contribution in [2.45, 2.75) is 38.7 Å². The van der Waals surface area contributed by atoms with Crippen LogP contribution in [0.15, 0.2) is 16.5 Å². The third kappa shape index (κ3) is 2.38. The fraction of sp³-hybridized carbons (Fsp3) is 0.533. The van der Waals surface area contributed by atoms with Crippen LogP contribution in [0.2, 0.25) is 5.15 Å². The van der Waals surface area contributed by atoms with Crippen molar-refractivity contribution in [3.8, 4) is 0 Å². The summed E-state index contributed by atoms with van der Waals surface area (Å²) in [7, 11) is 1.80. The highest BCUT2D eigenvalue weighted by molar-refractivity contribution is 6.30. The van der Waals surface area contributed by atoms with E-state index in [1.807, 2.05) is 19.1 Å². The van der Waals surface area contributed by atoms with Crippen LogP contribution < -0.4 is 0 Å². The van der Waals surface area contributed by atoms with Gasteiger partial charge in [-0.15, -0.1) is 0 Å². The van der Waals surface area contributed by atoms with Gasteiger partial charge in [0.15, 0.2) is 0 Å². The number of aromatic nitrogens is 2. The monoisotopic (exact) mass is 294 g/mol. The quantitative estimate of drug-likeness (QED) is 0.940. The van der Waals surface area contributed by atoms with Gasteiger partial charge in [-0.3, -0.25) is 4.68 Å². The number of rotatable bonds is 4. The molecule has 2 aromatic heterocycles. The van der Waals surface area contributed by atoms with Crippen molar-refractivity contribution in [1.29, 1.82) is 0 Å². The molecule has 3 unspecified atom stereocenters. The molecule has 0 radical (unpaired) electrons. The molecule has 2 heterocycles. The molecule has 1 fully saturated rings. The van der Waals surface area contributed by atoms with Gasteiger partial charge in [0.2, 0.25) is 0 Å². The van der Waals surface area contributed by atoms with Crippen LogP contribution >= 0.6 is 11.6 Å². The molecule has 3 rings (SSSR count). The van der Waals surface area contributed by atoms with E-state index in [-0.39, 0.29) is 0 Å². The van der Waals surface area contributed by atoms with E-state index < -0.39 is 6.10 Å². The Bertz CT molecular complexity index is 632. The van der Waals surface area contributed by atoms with Gasteiger partial charge in [-0.05, 0) is 31.4 Å². The fourth-order valence-electron chi connectivity index (χ4n) is 2.67. The second-order valence-electron chi connectivity index (χ2n) is 5.76. The Balaban J connectivity index is 1.75. The Hall–Kier alpha value is -1.26. The van der Waals surface area contributed by atoms with Gasteiger partial charge in [0.05, 0.1) is 5.69 Å². The number of aliphatic hydroxyl groups is 1. The van der Waals surface area contributed by atoms with E-state index in [1.165, 1.54) is 6.42 Å². The van der Waals surface area contributed by atoms with E-state index in [0.717, 1.165) is 17.0 Å².